The Bertz CT molecular complexity index is 535. The van der Waals surface area contributed by atoms with Gasteiger partial charge in [-0.25, -0.2) is 4.39 Å². The van der Waals surface area contributed by atoms with E-state index in [0.29, 0.717) is 42.6 Å². The van der Waals surface area contributed by atoms with Crippen molar-refractivity contribution >= 4 is 35.8 Å². The third kappa shape index (κ3) is 8.73. The molecule has 0 saturated carbocycles. The average Bonchev–Trinajstić information content (AvgIpc) is 2.46. The normalized spacial score (nSPS) is 11.1. The van der Waals surface area contributed by atoms with E-state index in [4.69, 9.17) is 5.73 Å². The number of aliphatic imine (C=N–C) groups is 1. The second-order valence-electron chi connectivity index (χ2n) is 5.60. The van der Waals surface area contributed by atoms with E-state index in [1.165, 1.54) is 6.07 Å². The van der Waals surface area contributed by atoms with E-state index < -0.39 is 0 Å². The quantitative estimate of drug-likeness (QED) is 0.266. The Balaban J connectivity index is 0.00000484. The van der Waals surface area contributed by atoms with Gasteiger partial charge in [0.05, 0.1) is 0 Å². The molecule has 4 N–H and O–H groups in total. The highest BCUT2D eigenvalue weighted by molar-refractivity contribution is 14.0. The van der Waals surface area contributed by atoms with Gasteiger partial charge in [-0.3, -0.25) is 9.79 Å². The summed E-state index contributed by atoms with van der Waals surface area (Å²) in [4.78, 5) is 16.0. The molecule has 0 spiro atoms. The predicted molar refractivity (Wildman–Crippen MR) is 103 cm³/mol. The number of halogens is 2. The van der Waals surface area contributed by atoms with Crippen molar-refractivity contribution in [1.82, 2.24) is 10.6 Å². The van der Waals surface area contributed by atoms with Crippen LogP contribution in [-0.2, 0) is 0 Å². The molecule has 1 rings (SSSR count). The lowest BCUT2D eigenvalue weighted by atomic mass is 10.1. The van der Waals surface area contributed by atoms with E-state index in [0.717, 1.165) is 6.42 Å². The monoisotopic (exact) mass is 436 g/mol. The minimum absolute atomic E-state index is 0. The van der Waals surface area contributed by atoms with Crippen LogP contribution >= 0.6 is 24.0 Å². The van der Waals surface area contributed by atoms with Crippen LogP contribution in [0.5, 0.6) is 0 Å². The summed E-state index contributed by atoms with van der Waals surface area (Å²) in [6, 6.07) is 4.42. The fraction of sp³-hybridized carbons (Fsp3) is 0.500. The lowest BCUT2D eigenvalue weighted by molar-refractivity contribution is 0.0954. The number of rotatable bonds is 7. The first kappa shape index (κ1) is 21.6. The predicted octanol–water partition coefficient (Wildman–Crippen LogP) is 2.43. The van der Waals surface area contributed by atoms with Gasteiger partial charge in [0, 0.05) is 25.2 Å². The molecule has 5 nitrogen and oxygen atoms in total. The van der Waals surface area contributed by atoms with Crippen molar-refractivity contribution in [2.45, 2.75) is 27.2 Å². The number of hydrogen-bond acceptors (Lipinski definition) is 2. The number of amides is 1. The third-order valence-electron chi connectivity index (χ3n) is 3.14. The molecule has 0 aliphatic heterocycles. The summed E-state index contributed by atoms with van der Waals surface area (Å²) < 4.78 is 13.4. The van der Waals surface area contributed by atoms with Gasteiger partial charge in [-0.05, 0) is 37.0 Å². The molecule has 0 atom stereocenters. The summed E-state index contributed by atoms with van der Waals surface area (Å²) in [7, 11) is 0. The molecule has 0 aliphatic rings. The number of hydrogen-bond donors (Lipinski definition) is 3. The average molecular weight is 436 g/mol. The van der Waals surface area contributed by atoms with Gasteiger partial charge in [0.1, 0.15) is 5.82 Å². The maximum absolute atomic E-state index is 13.4. The molecule has 0 unspecified atom stereocenters. The van der Waals surface area contributed by atoms with Gasteiger partial charge in [-0.2, -0.15) is 0 Å². The number of nitrogens with two attached hydrogens (primary N) is 1. The lowest BCUT2D eigenvalue weighted by Gasteiger charge is -2.08. The lowest BCUT2D eigenvalue weighted by Crippen LogP contribution is -2.38. The van der Waals surface area contributed by atoms with Crippen molar-refractivity contribution < 1.29 is 9.18 Å². The van der Waals surface area contributed by atoms with Crippen LogP contribution in [0.4, 0.5) is 4.39 Å². The van der Waals surface area contributed by atoms with Crippen LogP contribution in [0.15, 0.2) is 23.2 Å². The highest BCUT2D eigenvalue weighted by Crippen LogP contribution is 2.08. The van der Waals surface area contributed by atoms with Crippen molar-refractivity contribution in [2.75, 3.05) is 19.6 Å². The zero-order valence-electron chi connectivity index (χ0n) is 13.9. The van der Waals surface area contributed by atoms with E-state index in [9.17, 15) is 9.18 Å². The minimum Gasteiger partial charge on any atom is -0.370 e. The van der Waals surface area contributed by atoms with Crippen LogP contribution in [0.2, 0.25) is 0 Å². The molecule has 1 aromatic rings. The summed E-state index contributed by atoms with van der Waals surface area (Å²) in [5, 5.41) is 5.62. The molecule has 0 radical (unpaired) electrons. The highest BCUT2D eigenvalue weighted by atomic mass is 127. The Hall–Kier alpha value is -1.38. The van der Waals surface area contributed by atoms with Crippen molar-refractivity contribution in [3.8, 4) is 0 Å². The second kappa shape index (κ2) is 11.2. The standard InChI is InChI=1S/C16H25FN4O.HI/c1-11(2)6-7-20-16(18)21-9-8-19-15(22)13-5-4-12(3)14(17)10-13;/h4-5,10-11H,6-9H2,1-3H3,(H,19,22)(H3,18,20,21);1H. The first-order valence-corrected chi connectivity index (χ1v) is 7.48. The van der Waals surface area contributed by atoms with Crippen molar-refractivity contribution in [3.05, 3.63) is 35.1 Å². The Morgan fingerprint density at radius 1 is 1.30 bits per heavy atom. The van der Waals surface area contributed by atoms with E-state index in [1.807, 2.05) is 0 Å². The fourth-order valence-corrected chi connectivity index (χ4v) is 1.70. The molecular formula is C16H26FIN4O. The van der Waals surface area contributed by atoms with Gasteiger partial charge < -0.3 is 16.4 Å². The number of nitrogens with one attached hydrogen (secondary N) is 2. The molecule has 0 saturated heterocycles. The molecule has 7 heteroatoms. The van der Waals surface area contributed by atoms with Gasteiger partial charge in [0.15, 0.2) is 5.96 Å². The molecule has 0 fully saturated rings. The number of nitrogens with zero attached hydrogens (tertiary/aromatic N) is 1. The Kier molecular flexibility index (Phi) is 10.5. The molecule has 0 bridgehead atoms. The molecule has 130 valence electrons. The van der Waals surface area contributed by atoms with E-state index in [-0.39, 0.29) is 35.7 Å². The third-order valence-corrected chi connectivity index (χ3v) is 3.14. The molecule has 1 aromatic carbocycles. The Labute approximate surface area is 154 Å². The zero-order chi connectivity index (χ0) is 16.5. The van der Waals surface area contributed by atoms with Gasteiger partial charge in [-0.15, -0.1) is 24.0 Å². The van der Waals surface area contributed by atoms with Crippen LogP contribution < -0.4 is 16.4 Å². The maximum Gasteiger partial charge on any atom is 0.251 e. The number of benzene rings is 1. The number of carbonyl (C=O) groups is 1. The highest BCUT2D eigenvalue weighted by Gasteiger charge is 2.07. The zero-order valence-corrected chi connectivity index (χ0v) is 16.2. The number of aryl methyl sites for hydroxylation is 1. The summed E-state index contributed by atoms with van der Waals surface area (Å²) in [5.74, 6) is 0.269. The maximum atomic E-state index is 13.4. The number of carbonyl (C=O) groups excluding carboxylic acids is 1. The molecule has 0 aliphatic carbocycles. The first-order chi connectivity index (χ1) is 10.4. The summed E-state index contributed by atoms with van der Waals surface area (Å²) in [5.41, 5.74) is 6.53. The van der Waals surface area contributed by atoms with Gasteiger partial charge >= 0.3 is 0 Å². The Morgan fingerprint density at radius 3 is 2.57 bits per heavy atom. The van der Waals surface area contributed by atoms with Crippen LogP contribution in [0, 0.1) is 18.7 Å². The molecule has 0 aromatic heterocycles. The second-order valence-corrected chi connectivity index (χ2v) is 5.60. The summed E-state index contributed by atoms with van der Waals surface area (Å²) in [6.45, 7) is 7.45. The Morgan fingerprint density at radius 2 is 1.96 bits per heavy atom. The van der Waals surface area contributed by atoms with Gasteiger partial charge in [-0.1, -0.05) is 19.9 Å². The first-order valence-electron chi connectivity index (χ1n) is 7.48. The van der Waals surface area contributed by atoms with Crippen LogP contribution in [0.1, 0.15) is 36.2 Å². The molecule has 23 heavy (non-hydrogen) atoms. The largest absolute Gasteiger partial charge is 0.370 e. The van der Waals surface area contributed by atoms with E-state index in [1.54, 1.807) is 19.1 Å². The minimum atomic E-state index is -0.382. The van der Waals surface area contributed by atoms with E-state index in [2.05, 4.69) is 29.5 Å². The number of guanidine groups is 1. The summed E-state index contributed by atoms with van der Waals surface area (Å²) >= 11 is 0. The molecule has 0 heterocycles. The van der Waals surface area contributed by atoms with Crippen molar-refractivity contribution in [3.63, 3.8) is 0 Å². The topological polar surface area (TPSA) is 79.5 Å². The SMILES string of the molecule is Cc1ccc(C(=O)NCCNC(N)=NCCC(C)C)cc1F.I. The van der Waals surface area contributed by atoms with Crippen LogP contribution in [0.25, 0.3) is 0 Å². The molecule has 1 amide bonds. The smallest absolute Gasteiger partial charge is 0.251 e. The van der Waals surface area contributed by atoms with Crippen LogP contribution in [0.3, 0.4) is 0 Å². The van der Waals surface area contributed by atoms with E-state index >= 15 is 0 Å². The van der Waals surface area contributed by atoms with Gasteiger partial charge in [0.25, 0.3) is 5.91 Å². The fourth-order valence-electron chi connectivity index (χ4n) is 1.70. The summed E-state index contributed by atoms with van der Waals surface area (Å²) in [6.07, 6.45) is 0.984. The van der Waals surface area contributed by atoms with Gasteiger partial charge in [0.2, 0.25) is 0 Å². The molecular weight excluding hydrogens is 410 g/mol. The van der Waals surface area contributed by atoms with Crippen molar-refractivity contribution in [2.24, 2.45) is 16.6 Å². The van der Waals surface area contributed by atoms with Crippen molar-refractivity contribution in [1.29, 1.82) is 0 Å². The van der Waals surface area contributed by atoms with Crippen LogP contribution in [-0.4, -0.2) is 31.5 Å².